The third-order valence-corrected chi connectivity index (χ3v) is 4.32. The monoisotopic (exact) mass is 281 g/mol. The smallest absolute Gasteiger partial charge is 0.150 e. The summed E-state index contributed by atoms with van der Waals surface area (Å²) in [6.45, 7) is 3.89. The summed E-state index contributed by atoms with van der Waals surface area (Å²) in [5.74, 6) is 1.01. The van der Waals surface area contributed by atoms with E-state index in [-0.39, 0.29) is 0 Å². The number of aromatic nitrogens is 1. The fourth-order valence-corrected chi connectivity index (χ4v) is 3.29. The number of ether oxygens (including phenoxy) is 1. The molecule has 1 aromatic heterocycles. The van der Waals surface area contributed by atoms with Crippen molar-refractivity contribution in [1.82, 2.24) is 10.3 Å². The van der Waals surface area contributed by atoms with Crippen LogP contribution in [-0.4, -0.2) is 37.3 Å². The van der Waals surface area contributed by atoms with Gasteiger partial charge in [0.2, 0.25) is 0 Å². The molecule has 108 valence electrons. The van der Waals surface area contributed by atoms with Crippen LogP contribution in [0.1, 0.15) is 6.42 Å². The molecular formula is C17H19N3O. The highest BCUT2D eigenvalue weighted by Crippen LogP contribution is 2.41. The Morgan fingerprint density at radius 1 is 1.24 bits per heavy atom. The molecule has 1 fully saturated rings. The van der Waals surface area contributed by atoms with E-state index in [1.54, 1.807) is 6.20 Å². The quantitative estimate of drug-likeness (QED) is 0.870. The summed E-state index contributed by atoms with van der Waals surface area (Å²) in [7, 11) is 0. The van der Waals surface area contributed by atoms with E-state index in [0.717, 1.165) is 49.5 Å². The second kappa shape index (κ2) is 5.37. The van der Waals surface area contributed by atoms with Crippen molar-refractivity contribution >= 4 is 5.69 Å². The number of nitrogens with zero attached hydrogens (tertiary/aromatic N) is 2. The molecule has 1 atom stereocenters. The van der Waals surface area contributed by atoms with Crippen LogP contribution in [0.4, 0.5) is 5.69 Å². The topological polar surface area (TPSA) is 37.4 Å². The molecule has 0 unspecified atom stereocenters. The zero-order chi connectivity index (χ0) is 14.1. The number of nitrogens with one attached hydrogen (secondary N) is 1. The summed E-state index contributed by atoms with van der Waals surface area (Å²) in [6.07, 6.45) is 4.77. The largest absolute Gasteiger partial charge is 0.491 e. The maximum atomic E-state index is 6.13. The molecule has 0 radical (unpaired) electrons. The number of anilines is 1. The van der Waals surface area contributed by atoms with Gasteiger partial charge in [-0.25, -0.2) is 0 Å². The predicted molar refractivity (Wildman–Crippen MR) is 83.8 cm³/mol. The van der Waals surface area contributed by atoms with E-state index in [9.17, 15) is 0 Å². The molecule has 0 saturated carbocycles. The second-order valence-electron chi connectivity index (χ2n) is 5.58. The zero-order valence-electron chi connectivity index (χ0n) is 12.0. The van der Waals surface area contributed by atoms with E-state index in [2.05, 4.69) is 39.5 Å². The second-order valence-corrected chi connectivity index (χ2v) is 5.58. The first kappa shape index (κ1) is 12.7. The van der Waals surface area contributed by atoms with Crippen LogP contribution in [0.15, 0.2) is 42.7 Å². The van der Waals surface area contributed by atoms with Gasteiger partial charge in [0.25, 0.3) is 0 Å². The summed E-state index contributed by atoms with van der Waals surface area (Å²) in [5.41, 5.74) is 3.48. The lowest BCUT2D eigenvalue weighted by Crippen LogP contribution is -2.51. The average molecular weight is 281 g/mol. The van der Waals surface area contributed by atoms with Gasteiger partial charge in [0.15, 0.2) is 0 Å². The third kappa shape index (κ3) is 2.25. The number of hydrogen-bond donors (Lipinski definition) is 1. The predicted octanol–water partition coefficient (Wildman–Crippen LogP) is 2.31. The molecule has 4 rings (SSSR count). The standard InChI is InChI=1S/C17H19N3O/c1-4-15(13-3-2-7-18-11-13)17-16(5-1)20-9-8-19-12-14(20)6-10-21-17/h1-5,7,11,14,19H,6,8-10,12H2/t14-/m0/s1. The van der Waals surface area contributed by atoms with Crippen LogP contribution >= 0.6 is 0 Å². The van der Waals surface area contributed by atoms with Gasteiger partial charge in [-0.3, -0.25) is 4.98 Å². The number of rotatable bonds is 1. The summed E-state index contributed by atoms with van der Waals surface area (Å²) < 4.78 is 6.13. The summed E-state index contributed by atoms with van der Waals surface area (Å²) in [6, 6.07) is 11.0. The number of piperazine rings is 1. The van der Waals surface area contributed by atoms with Gasteiger partial charge in [-0.05, 0) is 12.1 Å². The number of benzene rings is 1. The lowest BCUT2D eigenvalue weighted by atomic mass is 10.0. The zero-order valence-corrected chi connectivity index (χ0v) is 12.0. The average Bonchev–Trinajstić information content (AvgIpc) is 2.75. The maximum Gasteiger partial charge on any atom is 0.150 e. The van der Waals surface area contributed by atoms with E-state index >= 15 is 0 Å². The summed E-state index contributed by atoms with van der Waals surface area (Å²) in [5, 5.41) is 3.48. The highest BCUT2D eigenvalue weighted by molar-refractivity contribution is 5.79. The van der Waals surface area contributed by atoms with Gasteiger partial charge in [0.05, 0.1) is 12.3 Å². The van der Waals surface area contributed by atoms with Crippen molar-refractivity contribution in [2.75, 3.05) is 31.1 Å². The fourth-order valence-electron chi connectivity index (χ4n) is 3.29. The molecule has 4 nitrogen and oxygen atoms in total. The first-order valence-electron chi connectivity index (χ1n) is 7.57. The van der Waals surface area contributed by atoms with Gasteiger partial charge in [0, 0.05) is 55.6 Å². The van der Waals surface area contributed by atoms with Crippen molar-refractivity contribution in [3.8, 4) is 16.9 Å². The molecule has 1 aromatic carbocycles. The van der Waals surface area contributed by atoms with Crippen molar-refractivity contribution in [1.29, 1.82) is 0 Å². The molecule has 4 heteroatoms. The van der Waals surface area contributed by atoms with E-state index in [4.69, 9.17) is 4.74 Å². The van der Waals surface area contributed by atoms with Gasteiger partial charge < -0.3 is 15.0 Å². The molecular weight excluding hydrogens is 262 g/mol. The van der Waals surface area contributed by atoms with Gasteiger partial charge in [-0.2, -0.15) is 0 Å². The molecule has 21 heavy (non-hydrogen) atoms. The van der Waals surface area contributed by atoms with Crippen molar-refractivity contribution in [2.45, 2.75) is 12.5 Å². The Kier molecular flexibility index (Phi) is 3.24. The molecule has 1 N–H and O–H groups in total. The first-order chi connectivity index (χ1) is 10.4. The Labute approximate surface area is 124 Å². The van der Waals surface area contributed by atoms with Crippen LogP contribution < -0.4 is 15.0 Å². The molecule has 2 aliphatic rings. The molecule has 2 aliphatic heterocycles. The molecule has 0 aliphatic carbocycles. The van der Waals surface area contributed by atoms with E-state index in [1.807, 2.05) is 12.3 Å². The van der Waals surface area contributed by atoms with Crippen LogP contribution in [0.5, 0.6) is 5.75 Å². The first-order valence-corrected chi connectivity index (χ1v) is 7.57. The van der Waals surface area contributed by atoms with Crippen molar-refractivity contribution in [2.24, 2.45) is 0 Å². The fraction of sp³-hybridized carbons (Fsp3) is 0.353. The molecule has 3 heterocycles. The van der Waals surface area contributed by atoms with Gasteiger partial charge in [-0.1, -0.05) is 18.2 Å². The number of para-hydroxylation sites is 1. The lowest BCUT2D eigenvalue weighted by molar-refractivity contribution is 0.305. The third-order valence-electron chi connectivity index (χ3n) is 4.32. The number of pyridine rings is 1. The van der Waals surface area contributed by atoms with Crippen LogP contribution in [0.3, 0.4) is 0 Å². The number of fused-ring (bicyclic) bond motifs is 3. The minimum Gasteiger partial charge on any atom is -0.491 e. The van der Waals surface area contributed by atoms with Gasteiger partial charge in [0.1, 0.15) is 5.75 Å². The Morgan fingerprint density at radius 3 is 3.14 bits per heavy atom. The Hall–Kier alpha value is -2.07. The van der Waals surface area contributed by atoms with E-state index < -0.39 is 0 Å². The van der Waals surface area contributed by atoms with E-state index in [1.165, 1.54) is 5.69 Å². The lowest BCUT2D eigenvalue weighted by Gasteiger charge is -2.36. The van der Waals surface area contributed by atoms with Crippen molar-refractivity contribution < 1.29 is 4.74 Å². The molecule has 0 amide bonds. The molecule has 0 bridgehead atoms. The Morgan fingerprint density at radius 2 is 2.24 bits per heavy atom. The van der Waals surface area contributed by atoms with Crippen LogP contribution in [0, 0.1) is 0 Å². The minimum atomic E-state index is 0.532. The minimum absolute atomic E-state index is 0.532. The van der Waals surface area contributed by atoms with Crippen molar-refractivity contribution in [3.05, 3.63) is 42.7 Å². The summed E-state index contributed by atoms with van der Waals surface area (Å²) in [4.78, 5) is 6.73. The van der Waals surface area contributed by atoms with Crippen LogP contribution in [0.2, 0.25) is 0 Å². The van der Waals surface area contributed by atoms with Crippen LogP contribution in [-0.2, 0) is 0 Å². The highest BCUT2D eigenvalue weighted by atomic mass is 16.5. The normalized spacial score (nSPS) is 21.0. The molecule has 1 saturated heterocycles. The SMILES string of the molecule is c1cncc(-c2cccc3c2OCC[C@H]2CNCCN32)c1. The highest BCUT2D eigenvalue weighted by Gasteiger charge is 2.28. The van der Waals surface area contributed by atoms with Gasteiger partial charge >= 0.3 is 0 Å². The Bertz CT molecular complexity index is 629. The van der Waals surface area contributed by atoms with E-state index in [0.29, 0.717) is 6.04 Å². The molecule has 2 aromatic rings. The van der Waals surface area contributed by atoms with Crippen molar-refractivity contribution in [3.63, 3.8) is 0 Å². The van der Waals surface area contributed by atoms with Crippen LogP contribution in [0.25, 0.3) is 11.1 Å². The Balaban J connectivity index is 1.82. The summed E-state index contributed by atoms with van der Waals surface area (Å²) >= 11 is 0. The molecule has 0 spiro atoms. The number of hydrogen-bond acceptors (Lipinski definition) is 4. The van der Waals surface area contributed by atoms with Gasteiger partial charge in [-0.15, -0.1) is 0 Å². The maximum absolute atomic E-state index is 6.13.